The van der Waals surface area contributed by atoms with Gasteiger partial charge in [-0.3, -0.25) is 9.59 Å². The van der Waals surface area contributed by atoms with Crippen molar-refractivity contribution in [2.24, 2.45) is 0 Å². The van der Waals surface area contributed by atoms with Gasteiger partial charge in [0.15, 0.2) is 11.6 Å². The minimum Gasteiger partial charge on any atom is -0.290 e. The van der Waals surface area contributed by atoms with Crippen LogP contribution < -0.4 is 0 Å². The van der Waals surface area contributed by atoms with Crippen molar-refractivity contribution in [1.82, 2.24) is 0 Å². The Morgan fingerprint density at radius 3 is 1.90 bits per heavy atom. The number of ketones is 2. The second-order valence-electron chi connectivity index (χ2n) is 5.88. The lowest BCUT2D eigenvalue weighted by Gasteiger charge is -2.14. The number of allylic oxidation sites excluding steroid dienone is 4. The molecule has 21 heavy (non-hydrogen) atoms. The smallest absolute Gasteiger partial charge is 0.185 e. The van der Waals surface area contributed by atoms with Gasteiger partial charge in [-0.1, -0.05) is 54.5 Å². The Bertz CT molecular complexity index is 432. The van der Waals surface area contributed by atoms with Crippen molar-refractivity contribution in [2.75, 3.05) is 5.33 Å². The maximum atomic E-state index is 12.1. The van der Waals surface area contributed by atoms with E-state index in [1.165, 1.54) is 38.5 Å². The van der Waals surface area contributed by atoms with Crippen molar-refractivity contribution in [3.8, 4) is 0 Å². The van der Waals surface area contributed by atoms with E-state index in [1.54, 1.807) is 19.9 Å². The molecule has 1 aliphatic carbocycles. The predicted molar refractivity (Wildman–Crippen MR) is 91.8 cm³/mol. The van der Waals surface area contributed by atoms with Crippen LogP contribution in [-0.4, -0.2) is 16.9 Å². The Morgan fingerprint density at radius 2 is 1.33 bits per heavy atom. The molecule has 0 aromatic carbocycles. The molecular formula is C18H27BrO2. The highest BCUT2D eigenvalue weighted by molar-refractivity contribution is 9.09. The molecule has 0 unspecified atom stereocenters. The maximum absolute atomic E-state index is 12.1. The molecule has 118 valence electrons. The molecule has 0 heterocycles. The number of rotatable bonds is 10. The number of carbonyl (C=O) groups excluding carboxylic acids is 2. The zero-order valence-electron chi connectivity index (χ0n) is 13.3. The molecule has 1 aliphatic rings. The summed E-state index contributed by atoms with van der Waals surface area (Å²) in [6.45, 7) is 3.49. The highest BCUT2D eigenvalue weighted by Crippen LogP contribution is 2.22. The molecule has 1 rings (SSSR count). The fraction of sp³-hybridized carbons (Fsp3) is 0.667. The van der Waals surface area contributed by atoms with Crippen LogP contribution in [0.25, 0.3) is 0 Å². The summed E-state index contributed by atoms with van der Waals surface area (Å²) in [7, 11) is 0. The van der Waals surface area contributed by atoms with Gasteiger partial charge < -0.3 is 0 Å². The molecule has 0 atom stereocenters. The second kappa shape index (κ2) is 10.1. The first-order valence-corrected chi connectivity index (χ1v) is 9.23. The van der Waals surface area contributed by atoms with E-state index in [2.05, 4.69) is 15.9 Å². The van der Waals surface area contributed by atoms with Gasteiger partial charge in [0.25, 0.3) is 0 Å². The number of carbonyl (C=O) groups is 2. The third kappa shape index (κ3) is 6.29. The predicted octanol–water partition coefficient (Wildman–Crippen LogP) is 5.31. The molecule has 2 nitrogen and oxygen atoms in total. The zero-order valence-corrected chi connectivity index (χ0v) is 14.9. The van der Waals surface area contributed by atoms with E-state index >= 15 is 0 Å². The molecule has 0 saturated heterocycles. The second-order valence-corrected chi connectivity index (χ2v) is 6.67. The van der Waals surface area contributed by atoms with Crippen LogP contribution in [0.5, 0.6) is 0 Å². The lowest BCUT2D eigenvalue weighted by Crippen LogP contribution is -2.16. The summed E-state index contributed by atoms with van der Waals surface area (Å²) >= 11 is 3.45. The average molecular weight is 355 g/mol. The van der Waals surface area contributed by atoms with Crippen LogP contribution in [0.4, 0.5) is 0 Å². The third-order valence-corrected chi connectivity index (χ3v) is 4.76. The summed E-state index contributed by atoms with van der Waals surface area (Å²) in [5.41, 5.74) is 1.94. The molecular weight excluding hydrogens is 328 g/mol. The fourth-order valence-corrected chi connectivity index (χ4v) is 2.98. The molecule has 0 saturated carbocycles. The normalized spacial score (nSPS) is 15.7. The van der Waals surface area contributed by atoms with Crippen molar-refractivity contribution < 1.29 is 9.59 Å². The van der Waals surface area contributed by atoms with E-state index in [0.29, 0.717) is 16.7 Å². The summed E-state index contributed by atoms with van der Waals surface area (Å²) in [4.78, 5) is 23.8. The molecule has 0 radical (unpaired) electrons. The van der Waals surface area contributed by atoms with Gasteiger partial charge in [-0.2, -0.15) is 0 Å². The molecule has 0 aromatic rings. The van der Waals surface area contributed by atoms with Gasteiger partial charge in [-0.15, -0.1) is 0 Å². The first-order valence-electron chi connectivity index (χ1n) is 8.11. The molecule has 0 fully saturated rings. The van der Waals surface area contributed by atoms with Gasteiger partial charge in [0.2, 0.25) is 0 Å². The standard InChI is InChI=1S/C18H27BrO2/c1-14-15(2)18(21)16(13-17(14)20)11-9-7-5-3-4-6-8-10-12-19/h13H,3-12H2,1-2H3. The van der Waals surface area contributed by atoms with E-state index < -0.39 is 0 Å². The molecule has 0 bridgehead atoms. The minimum atomic E-state index is 0.00823. The van der Waals surface area contributed by atoms with Crippen LogP contribution >= 0.6 is 15.9 Å². The van der Waals surface area contributed by atoms with Crippen molar-refractivity contribution in [1.29, 1.82) is 0 Å². The number of halogens is 1. The molecule has 0 aliphatic heterocycles. The summed E-state index contributed by atoms with van der Waals surface area (Å²) in [5.74, 6) is 0.0794. The van der Waals surface area contributed by atoms with Crippen LogP contribution in [0, 0.1) is 0 Å². The minimum absolute atomic E-state index is 0.00823. The topological polar surface area (TPSA) is 34.1 Å². The number of hydrogen-bond acceptors (Lipinski definition) is 2. The molecule has 0 N–H and O–H groups in total. The van der Waals surface area contributed by atoms with Crippen molar-refractivity contribution in [2.45, 2.75) is 71.6 Å². The summed E-state index contributed by atoms with van der Waals surface area (Å²) in [6.07, 6.45) is 12.2. The number of alkyl halides is 1. The molecule has 0 aromatic heterocycles. The highest BCUT2D eigenvalue weighted by Gasteiger charge is 2.22. The lowest BCUT2D eigenvalue weighted by molar-refractivity contribution is -0.116. The van der Waals surface area contributed by atoms with Gasteiger partial charge in [0.05, 0.1) is 0 Å². The molecule has 0 spiro atoms. The summed E-state index contributed by atoms with van der Waals surface area (Å²) in [6, 6.07) is 0. The Morgan fingerprint density at radius 1 is 0.810 bits per heavy atom. The Labute approximate surface area is 137 Å². The SMILES string of the molecule is CC1=C(C)C(=O)C(CCCCCCCCCCBr)=CC1=O. The molecule has 3 heteroatoms. The van der Waals surface area contributed by atoms with Crippen LogP contribution in [0.3, 0.4) is 0 Å². The Kier molecular flexibility index (Phi) is 8.82. The highest BCUT2D eigenvalue weighted by atomic mass is 79.9. The van der Waals surface area contributed by atoms with Crippen LogP contribution in [0.1, 0.15) is 71.6 Å². The van der Waals surface area contributed by atoms with Gasteiger partial charge in [0.1, 0.15) is 0 Å². The van der Waals surface area contributed by atoms with Crippen LogP contribution in [-0.2, 0) is 9.59 Å². The quantitative estimate of drug-likeness (QED) is 0.302. The van der Waals surface area contributed by atoms with Gasteiger partial charge in [-0.05, 0) is 39.2 Å². The van der Waals surface area contributed by atoms with Gasteiger partial charge >= 0.3 is 0 Å². The van der Waals surface area contributed by atoms with Crippen LogP contribution in [0.2, 0.25) is 0 Å². The van der Waals surface area contributed by atoms with Crippen molar-refractivity contribution >= 4 is 27.5 Å². The number of unbranched alkanes of at least 4 members (excludes halogenated alkanes) is 7. The number of hydrogen-bond donors (Lipinski definition) is 0. The zero-order chi connectivity index (χ0) is 15.7. The summed E-state index contributed by atoms with van der Waals surface area (Å²) in [5, 5.41) is 1.11. The van der Waals surface area contributed by atoms with Gasteiger partial charge in [-0.25, -0.2) is 0 Å². The Balaban J connectivity index is 2.15. The lowest BCUT2D eigenvalue weighted by atomic mass is 9.88. The van der Waals surface area contributed by atoms with Crippen molar-refractivity contribution in [3.63, 3.8) is 0 Å². The maximum Gasteiger partial charge on any atom is 0.185 e. The molecule has 0 amide bonds. The van der Waals surface area contributed by atoms with E-state index in [1.807, 2.05) is 0 Å². The van der Waals surface area contributed by atoms with E-state index in [-0.39, 0.29) is 11.6 Å². The monoisotopic (exact) mass is 354 g/mol. The largest absolute Gasteiger partial charge is 0.290 e. The van der Waals surface area contributed by atoms with Crippen LogP contribution in [0.15, 0.2) is 22.8 Å². The van der Waals surface area contributed by atoms with E-state index in [9.17, 15) is 9.59 Å². The van der Waals surface area contributed by atoms with Gasteiger partial charge in [0, 0.05) is 22.0 Å². The number of Topliss-reactive ketones (excluding diaryl/α,β-unsaturated/α-hetero) is 1. The fourth-order valence-electron chi connectivity index (χ4n) is 2.58. The average Bonchev–Trinajstić information content (AvgIpc) is 2.48. The Hall–Kier alpha value is -0.700. The first kappa shape index (κ1) is 18.3. The van der Waals surface area contributed by atoms with E-state index in [4.69, 9.17) is 0 Å². The third-order valence-electron chi connectivity index (χ3n) is 4.20. The van der Waals surface area contributed by atoms with E-state index in [0.717, 1.165) is 24.6 Å². The summed E-state index contributed by atoms with van der Waals surface area (Å²) < 4.78 is 0. The van der Waals surface area contributed by atoms with Crippen molar-refractivity contribution in [3.05, 3.63) is 22.8 Å². The first-order chi connectivity index (χ1) is 10.1.